The highest BCUT2D eigenvalue weighted by Gasteiger charge is 2.70. The lowest BCUT2D eigenvalue weighted by molar-refractivity contribution is -0.160. The number of hydrogen-bond acceptors (Lipinski definition) is 4. The Hall–Kier alpha value is -0.840. The molecule has 1 saturated heterocycles. The topological polar surface area (TPSA) is 66.1 Å². The fourth-order valence-electron chi connectivity index (χ4n) is 8.52. The van der Waals surface area contributed by atoms with Gasteiger partial charge in [-0.1, -0.05) is 13.8 Å². The zero-order valence-electron chi connectivity index (χ0n) is 16.5. The van der Waals surface area contributed by atoms with Gasteiger partial charge in [0.1, 0.15) is 6.10 Å². The molecule has 2 heterocycles. The van der Waals surface area contributed by atoms with E-state index in [9.17, 15) is 10.2 Å². The Morgan fingerprint density at radius 1 is 1.00 bits per heavy atom. The smallest absolute Gasteiger partial charge is 0.193 e. The van der Waals surface area contributed by atoms with Crippen LogP contribution in [0, 0.1) is 34.5 Å². The van der Waals surface area contributed by atoms with Crippen molar-refractivity contribution in [2.24, 2.45) is 34.5 Å². The first-order valence-electron chi connectivity index (χ1n) is 11.0. The van der Waals surface area contributed by atoms with Crippen LogP contribution in [0.3, 0.4) is 0 Å². The van der Waals surface area contributed by atoms with Crippen LogP contribution in [0.15, 0.2) is 23.0 Å². The van der Waals surface area contributed by atoms with Crippen molar-refractivity contribution in [2.75, 3.05) is 0 Å². The lowest BCUT2D eigenvalue weighted by Crippen LogP contribution is -2.56. The second-order valence-corrected chi connectivity index (χ2v) is 10.9. The third-order valence-electron chi connectivity index (χ3n) is 10.2. The summed E-state index contributed by atoms with van der Waals surface area (Å²) in [5.74, 6) is 1.76. The Labute approximate surface area is 161 Å². The van der Waals surface area contributed by atoms with E-state index >= 15 is 0 Å². The number of rotatable bonds is 1. The molecule has 1 aromatic rings. The van der Waals surface area contributed by atoms with Gasteiger partial charge >= 0.3 is 0 Å². The second kappa shape index (κ2) is 5.01. The summed E-state index contributed by atoms with van der Waals surface area (Å²) < 4.78 is 11.0. The Bertz CT molecular complexity index is 760. The molecule has 4 heteroatoms. The van der Waals surface area contributed by atoms with E-state index < -0.39 is 11.4 Å². The minimum absolute atomic E-state index is 0.0628. The van der Waals surface area contributed by atoms with Gasteiger partial charge in [0.15, 0.2) is 5.79 Å². The molecule has 0 radical (unpaired) electrons. The molecule has 6 rings (SSSR count). The lowest BCUT2D eigenvalue weighted by Gasteiger charge is -2.61. The summed E-state index contributed by atoms with van der Waals surface area (Å²) in [7, 11) is 0. The molecule has 1 aromatic heterocycles. The van der Waals surface area contributed by atoms with Gasteiger partial charge in [-0.05, 0) is 80.1 Å². The van der Waals surface area contributed by atoms with Gasteiger partial charge in [-0.2, -0.15) is 0 Å². The summed E-state index contributed by atoms with van der Waals surface area (Å²) in [6.45, 7) is 4.82. The van der Waals surface area contributed by atoms with E-state index in [2.05, 4.69) is 13.8 Å². The Morgan fingerprint density at radius 2 is 1.81 bits per heavy atom. The number of furan rings is 1. The number of ether oxygens (including phenoxy) is 1. The molecule has 5 fully saturated rings. The summed E-state index contributed by atoms with van der Waals surface area (Å²) in [5, 5.41) is 22.3. The standard InChI is InChI=1S/C23H32O4/c1-20-12-19-23(25,27-19)11-14(20)3-4-16-17(20)5-8-21(2)18(16)6-9-22(21,24)15-7-10-26-13-15/h7,10,13-14,16-19,24-25H,3-6,8-9,11-12H2,1-2H3/t14-,16-,17+,18+,19?,20+,21+,22+,23+/m1/s1. The van der Waals surface area contributed by atoms with Crippen molar-refractivity contribution >= 4 is 0 Å². The molecule has 0 spiro atoms. The van der Waals surface area contributed by atoms with Gasteiger partial charge in [0, 0.05) is 17.4 Å². The van der Waals surface area contributed by atoms with Crippen LogP contribution in [-0.4, -0.2) is 22.1 Å². The second-order valence-electron chi connectivity index (χ2n) is 10.9. The molecule has 1 aliphatic heterocycles. The van der Waals surface area contributed by atoms with Crippen molar-refractivity contribution in [3.05, 3.63) is 24.2 Å². The van der Waals surface area contributed by atoms with Crippen LogP contribution in [-0.2, 0) is 10.3 Å². The van der Waals surface area contributed by atoms with E-state index in [0.29, 0.717) is 23.7 Å². The molecular weight excluding hydrogens is 340 g/mol. The van der Waals surface area contributed by atoms with Crippen molar-refractivity contribution < 1.29 is 19.4 Å². The van der Waals surface area contributed by atoms with Gasteiger partial charge in [0.25, 0.3) is 0 Å². The van der Waals surface area contributed by atoms with Gasteiger partial charge in [-0.25, -0.2) is 0 Å². The molecule has 2 N–H and O–H groups in total. The summed E-state index contributed by atoms with van der Waals surface area (Å²) in [4.78, 5) is 0. The third kappa shape index (κ3) is 1.95. The highest BCUT2D eigenvalue weighted by molar-refractivity contribution is 5.26. The minimum Gasteiger partial charge on any atom is -0.472 e. The maximum atomic E-state index is 11.8. The van der Waals surface area contributed by atoms with Crippen molar-refractivity contribution in [2.45, 2.75) is 82.7 Å². The summed E-state index contributed by atoms with van der Waals surface area (Å²) in [6.07, 6.45) is 12.0. The average Bonchev–Trinajstić information content (AvgIpc) is 3.00. The van der Waals surface area contributed by atoms with E-state index in [1.54, 1.807) is 12.5 Å². The van der Waals surface area contributed by atoms with E-state index in [1.807, 2.05) is 6.07 Å². The highest BCUT2D eigenvalue weighted by Crippen LogP contribution is 2.71. The van der Waals surface area contributed by atoms with Gasteiger partial charge in [0.2, 0.25) is 0 Å². The summed E-state index contributed by atoms with van der Waals surface area (Å²) >= 11 is 0. The van der Waals surface area contributed by atoms with E-state index in [1.165, 1.54) is 19.3 Å². The van der Waals surface area contributed by atoms with Crippen LogP contribution in [0.2, 0.25) is 0 Å². The van der Waals surface area contributed by atoms with Crippen LogP contribution in [0.5, 0.6) is 0 Å². The van der Waals surface area contributed by atoms with Crippen LogP contribution < -0.4 is 0 Å². The summed E-state index contributed by atoms with van der Waals surface area (Å²) in [6, 6.07) is 1.96. The Kier molecular flexibility index (Phi) is 3.16. The first-order valence-corrected chi connectivity index (χ1v) is 11.0. The third-order valence-corrected chi connectivity index (χ3v) is 10.2. The van der Waals surface area contributed by atoms with Crippen molar-refractivity contribution in [1.29, 1.82) is 0 Å². The predicted octanol–water partition coefficient (Wildman–Crippen LogP) is 4.21. The molecule has 0 bridgehead atoms. The molecule has 148 valence electrons. The zero-order chi connectivity index (χ0) is 18.7. The van der Waals surface area contributed by atoms with Crippen LogP contribution in [0.1, 0.15) is 70.8 Å². The monoisotopic (exact) mass is 372 g/mol. The van der Waals surface area contributed by atoms with E-state index in [0.717, 1.165) is 37.7 Å². The molecule has 27 heavy (non-hydrogen) atoms. The number of hydrogen-bond donors (Lipinski definition) is 2. The maximum absolute atomic E-state index is 11.8. The van der Waals surface area contributed by atoms with Gasteiger partial charge < -0.3 is 19.4 Å². The Balaban J connectivity index is 1.34. The van der Waals surface area contributed by atoms with Gasteiger partial charge in [-0.15, -0.1) is 0 Å². The molecule has 1 unspecified atom stereocenters. The number of aliphatic hydroxyl groups is 2. The van der Waals surface area contributed by atoms with Crippen molar-refractivity contribution in [3.63, 3.8) is 0 Å². The van der Waals surface area contributed by atoms with Crippen LogP contribution in [0.25, 0.3) is 0 Å². The number of fused-ring (bicyclic) bond motifs is 6. The molecule has 0 aromatic carbocycles. The predicted molar refractivity (Wildman–Crippen MR) is 99.5 cm³/mol. The van der Waals surface area contributed by atoms with Crippen molar-refractivity contribution in [1.82, 2.24) is 0 Å². The van der Waals surface area contributed by atoms with E-state index in [-0.39, 0.29) is 16.9 Å². The molecular formula is C23H32O4. The molecule has 4 nitrogen and oxygen atoms in total. The molecule has 0 amide bonds. The van der Waals surface area contributed by atoms with Gasteiger partial charge in [0.05, 0.1) is 18.1 Å². The normalized spacial score (nSPS) is 58.7. The zero-order valence-corrected chi connectivity index (χ0v) is 16.5. The van der Waals surface area contributed by atoms with Crippen LogP contribution in [0.4, 0.5) is 0 Å². The Morgan fingerprint density at radius 3 is 2.59 bits per heavy atom. The van der Waals surface area contributed by atoms with Gasteiger partial charge in [-0.3, -0.25) is 0 Å². The van der Waals surface area contributed by atoms with E-state index in [4.69, 9.17) is 9.15 Å². The van der Waals surface area contributed by atoms with Crippen LogP contribution >= 0.6 is 0 Å². The highest BCUT2D eigenvalue weighted by atomic mass is 16.7. The SMILES string of the molecule is C[C@]12CC3O[C@@]3(O)C[C@H]1CC[C@@H]1[C@@H]2CC[C@@]2(C)[C@H]1CC[C@]2(O)c1ccoc1. The quantitative estimate of drug-likeness (QED) is 0.725. The lowest BCUT2D eigenvalue weighted by atomic mass is 9.44. The largest absolute Gasteiger partial charge is 0.472 e. The minimum atomic E-state index is -0.797. The fourth-order valence-corrected chi connectivity index (χ4v) is 8.52. The molecule has 9 atom stereocenters. The average molecular weight is 373 g/mol. The number of epoxide rings is 1. The molecule has 4 saturated carbocycles. The molecule has 5 aliphatic rings. The molecule has 4 aliphatic carbocycles. The first-order chi connectivity index (χ1) is 12.8. The first kappa shape index (κ1) is 17.1. The maximum Gasteiger partial charge on any atom is 0.193 e. The fraction of sp³-hybridized carbons (Fsp3) is 0.826. The summed E-state index contributed by atoms with van der Waals surface area (Å²) in [5.41, 5.74) is 0.445. The van der Waals surface area contributed by atoms with Crippen molar-refractivity contribution in [3.8, 4) is 0 Å².